The first kappa shape index (κ1) is 19.5. The second-order valence-electron chi connectivity index (χ2n) is 6.05. The van der Waals surface area contributed by atoms with Crippen LogP contribution in [0.5, 0.6) is 5.75 Å². The number of rotatable bonds is 10. The first-order valence-corrected chi connectivity index (χ1v) is 9.07. The smallest absolute Gasteiger partial charge is 0.437 e. The average Bonchev–Trinajstić information content (AvgIpc) is 2.57. The molecule has 1 aromatic rings. The third-order valence-corrected chi connectivity index (χ3v) is 4.21. The van der Waals surface area contributed by atoms with E-state index in [-0.39, 0.29) is 0 Å². The summed E-state index contributed by atoms with van der Waals surface area (Å²) in [4.78, 5) is 11.5. The van der Waals surface area contributed by atoms with Crippen LogP contribution in [0.1, 0.15) is 76.0 Å². The topological polar surface area (TPSA) is 35.5 Å². The highest BCUT2D eigenvalue weighted by Gasteiger charge is 2.16. The van der Waals surface area contributed by atoms with Gasteiger partial charge in [-0.1, -0.05) is 46.1 Å². The molecular formula is C20H32O3. The summed E-state index contributed by atoms with van der Waals surface area (Å²) in [7, 11) is 1.35. The Balaban J connectivity index is 3.20. The molecule has 0 saturated heterocycles. The lowest BCUT2D eigenvalue weighted by Crippen LogP contribution is -2.11. The number of ether oxygens (including phenoxy) is 2. The molecule has 3 nitrogen and oxygen atoms in total. The molecule has 0 saturated carbocycles. The summed E-state index contributed by atoms with van der Waals surface area (Å²) in [5.41, 5.74) is 4.03. The summed E-state index contributed by atoms with van der Waals surface area (Å²) in [6, 6.07) is 4.08. The van der Waals surface area contributed by atoms with Crippen molar-refractivity contribution < 1.29 is 14.3 Å². The van der Waals surface area contributed by atoms with E-state index in [0.717, 1.165) is 32.1 Å². The normalized spacial score (nSPS) is 10.6. The van der Waals surface area contributed by atoms with Crippen molar-refractivity contribution in [3.05, 3.63) is 28.8 Å². The molecule has 0 unspecified atom stereocenters. The molecule has 0 aromatic heterocycles. The molecule has 130 valence electrons. The second kappa shape index (κ2) is 11.1. The van der Waals surface area contributed by atoms with Crippen LogP contribution in [-0.4, -0.2) is 13.3 Å². The lowest BCUT2D eigenvalue weighted by Gasteiger charge is -2.18. The number of benzene rings is 1. The summed E-state index contributed by atoms with van der Waals surface area (Å²) < 4.78 is 10.1. The standard InChI is InChI=1S/C20H32O3/c1-5-8-11-16-14-15-19(23-20(21)22-4)18(13-10-7-3)17(16)12-9-6-2/h14-15H,5-13H2,1-4H3. The van der Waals surface area contributed by atoms with E-state index in [9.17, 15) is 4.79 Å². The number of hydrogen-bond acceptors (Lipinski definition) is 3. The highest BCUT2D eigenvalue weighted by Crippen LogP contribution is 2.30. The van der Waals surface area contributed by atoms with Gasteiger partial charge in [0.25, 0.3) is 0 Å². The van der Waals surface area contributed by atoms with E-state index in [0.29, 0.717) is 5.75 Å². The minimum atomic E-state index is -0.634. The number of carbonyl (C=O) groups excluding carboxylic acids is 1. The van der Waals surface area contributed by atoms with Crippen LogP contribution >= 0.6 is 0 Å². The molecule has 1 rings (SSSR count). The number of aryl methyl sites for hydroxylation is 1. The molecule has 0 amide bonds. The van der Waals surface area contributed by atoms with Crippen LogP contribution in [0.25, 0.3) is 0 Å². The zero-order valence-corrected chi connectivity index (χ0v) is 15.2. The average molecular weight is 320 g/mol. The predicted octanol–water partition coefficient (Wildman–Crippen LogP) is 5.86. The number of methoxy groups -OCH3 is 1. The molecular weight excluding hydrogens is 288 g/mol. The van der Waals surface area contributed by atoms with Crippen molar-refractivity contribution in [2.24, 2.45) is 0 Å². The molecule has 0 radical (unpaired) electrons. The summed E-state index contributed by atoms with van der Waals surface area (Å²) >= 11 is 0. The lowest BCUT2D eigenvalue weighted by atomic mass is 9.90. The minimum Gasteiger partial charge on any atom is -0.437 e. The van der Waals surface area contributed by atoms with Crippen molar-refractivity contribution in [2.45, 2.75) is 78.6 Å². The first-order valence-electron chi connectivity index (χ1n) is 9.07. The van der Waals surface area contributed by atoms with Crippen LogP contribution in [0, 0.1) is 0 Å². The van der Waals surface area contributed by atoms with Gasteiger partial charge in [0.1, 0.15) is 5.75 Å². The quantitative estimate of drug-likeness (QED) is 0.400. The molecule has 3 heteroatoms. The van der Waals surface area contributed by atoms with E-state index in [1.165, 1.54) is 49.5 Å². The Kier molecular flexibility index (Phi) is 9.42. The fraction of sp³-hybridized carbons (Fsp3) is 0.650. The van der Waals surface area contributed by atoms with Crippen molar-refractivity contribution in [3.8, 4) is 5.75 Å². The van der Waals surface area contributed by atoms with Crippen LogP contribution in [0.15, 0.2) is 12.1 Å². The van der Waals surface area contributed by atoms with Crippen molar-refractivity contribution in [1.82, 2.24) is 0 Å². The zero-order chi connectivity index (χ0) is 17.1. The molecule has 0 aliphatic rings. The Labute approximate surface area is 141 Å². The van der Waals surface area contributed by atoms with E-state index >= 15 is 0 Å². The fourth-order valence-electron chi connectivity index (χ4n) is 2.84. The summed E-state index contributed by atoms with van der Waals surface area (Å²) in [5, 5.41) is 0. The highest BCUT2D eigenvalue weighted by atomic mass is 16.7. The van der Waals surface area contributed by atoms with Gasteiger partial charge in [-0.25, -0.2) is 4.79 Å². The molecule has 0 N–H and O–H groups in total. The van der Waals surface area contributed by atoms with Gasteiger partial charge in [0, 0.05) is 0 Å². The fourth-order valence-corrected chi connectivity index (χ4v) is 2.84. The largest absolute Gasteiger partial charge is 0.513 e. The van der Waals surface area contributed by atoms with E-state index in [1.54, 1.807) is 0 Å². The molecule has 23 heavy (non-hydrogen) atoms. The molecule has 0 aliphatic heterocycles. The van der Waals surface area contributed by atoms with Gasteiger partial charge < -0.3 is 9.47 Å². The van der Waals surface area contributed by atoms with Crippen LogP contribution in [0.3, 0.4) is 0 Å². The van der Waals surface area contributed by atoms with E-state index in [2.05, 4.69) is 31.6 Å². The maximum absolute atomic E-state index is 11.5. The van der Waals surface area contributed by atoms with Crippen molar-refractivity contribution >= 4 is 6.16 Å². The van der Waals surface area contributed by atoms with Crippen LogP contribution in [0.4, 0.5) is 4.79 Å². The third kappa shape index (κ3) is 6.25. The van der Waals surface area contributed by atoms with Crippen LogP contribution < -0.4 is 4.74 Å². The van der Waals surface area contributed by atoms with Gasteiger partial charge >= 0.3 is 6.16 Å². The van der Waals surface area contributed by atoms with Gasteiger partial charge in [-0.2, -0.15) is 0 Å². The van der Waals surface area contributed by atoms with Crippen molar-refractivity contribution in [2.75, 3.05) is 7.11 Å². The van der Waals surface area contributed by atoms with Gasteiger partial charge in [0.2, 0.25) is 0 Å². The van der Waals surface area contributed by atoms with E-state index < -0.39 is 6.16 Å². The maximum atomic E-state index is 11.5. The van der Waals surface area contributed by atoms with Gasteiger partial charge in [0.05, 0.1) is 7.11 Å². The Hall–Kier alpha value is -1.51. The molecule has 0 spiro atoms. The van der Waals surface area contributed by atoms with Crippen LogP contribution in [0.2, 0.25) is 0 Å². The van der Waals surface area contributed by atoms with E-state index in [4.69, 9.17) is 4.74 Å². The highest BCUT2D eigenvalue weighted by molar-refractivity contribution is 5.65. The Morgan fingerprint density at radius 3 is 2.00 bits per heavy atom. The van der Waals surface area contributed by atoms with Crippen molar-refractivity contribution in [3.63, 3.8) is 0 Å². The van der Waals surface area contributed by atoms with Gasteiger partial charge in [-0.15, -0.1) is 0 Å². The monoisotopic (exact) mass is 320 g/mol. The number of hydrogen-bond donors (Lipinski definition) is 0. The third-order valence-electron chi connectivity index (χ3n) is 4.21. The number of unbranched alkanes of at least 4 members (excludes halogenated alkanes) is 3. The Bertz CT molecular complexity index is 480. The van der Waals surface area contributed by atoms with Crippen LogP contribution in [-0.2, 0) is 24.0 Å². The summed E-state index contributed by atoms with van der Waals surface area (Å²) in [5.74, 6) is 0.677. The maximum Gasteiger partial charge on any atom is 0.513 e. The molecule has 0 aliphatic carbocycles. The SMILES string of the molecule is CCCCc1ccc(OC(=O)OC)c(CCCC)c1CCCC. The summed E-state index contributed by atoms with van der Waals surface area (Å²) in [6.45, 7) is 6.62. The molecule has 0 heterocycles. The Morgan fingerprint density at radius 2 is 1.43 bits per heavy atom. The number of carbonyl (C=O) groups is 1. The second-order valence-corrected chi connectivity index (χ2v) is 6.05. The molecule has 0 bridgehead atoms. The molecule has 1 aromatic carbocycles. The van der Waals surface area contributed by atoms with Crippen molar-refractivity contribution in [1.29, 1.82) is 0 Å². The van der Waals surface area contributed by atoms with Gasteiger partial charge in [0.15, 0.2) is 0 Å². The Morgan fingerprint density at radius 1 is 0.870 bits per heavy atom. The predicted molar refractivity (Wildman–Crippen MR) is 95.3 cm³/mol. The lowest BCUT2D eigenvalue weighted by molar-refractivity contribution is 0.121. The summed E-state index contributed by atoms with van der Waals surface area (Å²) in [6.07, 6.45) is 9.45. The molecule has 0 atom stereocenters. The zero-order valence-electron chi connectivity index (χ0n) is 15.2. The first-order chi connectivity index (χ1) is 11.2. The molecule has 0 fully saturated rings. The van der Waals surface area contributed by atoms with Gasteiger partial charge in [-0.3, -0.25) is 0 Å². The van der Waals surface area contributed by atoms with Gasteiger partial charge in [-0.05, 0) is 61.3 Å². The van der Waals surface area contributed by atoms with E-state index in [1.807, 2.05) is 6.07 Å². The minimum absolute atomic E-state index is 0.634.